The summed E-state index contributed by atoms with van der Waals surface area (Å²) in [6.07, 6.45) is 12.6. The molecular weight excluding hydrogens is 224 g/mol. The zero-order valence-corrected chi connectivity index (χ0v) is 11.7. The molecule has 2 aliphatic rings. The molecule has 104 valence electrons. The van der Waals surface area contributed by atoms with Crippen LogP contribution in [-0.4, -0.2) is 11.1 Å². The van der Waals surface area contributed by atoms with Crippen LogP contribution in [0.1, 0.15) is 71.1 Å². The van der Waals surface area contributed by atoms with Gasteiger partial charge in [-0.1, -0.05) is 58.3 Å². The molecular formula is C16H28O2. The van der Waals surface area contributed by atoms with Gasteiger partial charge in [-0.3, -0.25) is 4.79 Å². The maximum Gasteiger partial charge on any atom is 0.307 e. The minimum atomic E-state index is -0.528. The zero-order valence-electron chi connectivity index (χ0n) is 11.7. The highest BCUT2D eigenvalue weighted by atomic mass is 16.4. The van der Waals surface area contributed by atoms with Crippen LogP contribution >= 0.6 is 0 Å². The van der Waals surface area contributed by atoms with E-state index in [2.05, 4.69) is 6.92 Å². The number of hydrogen-bond donors (Lipinski definition) is 1. The molecule has 0 heterocycles. The second-order valence-corrected chi connectivity index (χ2v) is 6.52. The van der Waals surface area contributed by atoms with Crippen LogP contribution in [0, 0.1) is 23.7 Å². The van der Waals surface area contributed by atoms with Gasteiger partial charge >= 0.3 is 5.97 Å². The molecule has 18 heavy (non-hydrogen) atoms. The molecule has 2 nitrogen and oxygen atoms in total. The van der Waals surface area contributed by atoms with E-state index in [4.69, 9.17) is 0 Å². The van der Waals surface area contributed by atoms with E-state index in [0.29, 0.717) is 17.8 Å². The summed E-state index contributed by atoms with van der Waals surface area (Å²) in [6, 6.07) is 0. The summed E-state index contributed by atoms with van der Waals surface area (Å²) in [5, 5.41) is 9.63. The lowest BCUT2D eigenvalue weighted by Gasteiger charge is -2.37. The monoisotopic (exact) mass is 252 g/mol. The van der Waals surface area contributed by atoms with E-state index in [1.54, 1.807) is 0 Å². The molecule has 0 amide bonds. The molecule has 0 aromatic rings. The van der Waals surface area contributed by atoms with Crippen LogP contribution in [0.3, 0.4) is 0 Å². The van der Waals surface area contributed by atoms with Crippen LogP contribution in [0.15, 0.2) is 0 Å². The fraction of sp³-hybridized carbons (Fsp3) is 0.938. The van der Waals surface area contributed by atoms with Gasteiger partial charge in [0.25, 0.3) is 0 Å². The van der Waals surface area contributed by atoms with Gasteiger partial charge in [-0.05, 0) is 30.6 Å². The highest BCUT2D eigenvalue weighted by Gasteiger charge is 2.37. The molecule has 0 bridgehead atoms. The van der Waals surface area contributed by atoms with E-state index in [9.17, 15) is 9.90 Å². The molecule has 2 unspecified atom stereocenters. The second kappa shape index (κ2) is 6.58. The molecule has 2 fully saturated rings. The van der Waals surface area contributed by atoms with Crippen LogP contribution in [0.4, 0.5) is 0 Å². The van der Waals surface area contributed by atoms with Gasteiger partial charge in [0.2, 0.25) is 0 Å². The van der Waals surface area contributed by atoms with E-state index < -0.39 is 5.97 Å². The molecule has 1 N–H and O–H groups in total. The first-order valence-electron chi connectivity index (χ1n) is 7.93. The smallest absolute Gasteiger partial charge is 0.307 e. The standard InChI is InChI=1S/C16H28O2/c1-12(13-8-4-2-5-9-13)15(16(17)18)14-10-6-3-7-11-14/h12-15H,2-11H2,1H3,(H,17,18). The first kappa shape index (κ1) is 13.9. The summed E-state index contributed by atoms with van der Waals surface area (Å²) in [7, 11) is 0. The van der Waals surface area contributed by atoms with E-state index in [1.807, 2.05) is 0 Å². The Labute approximate surface area is 111 Å². The van der Waals surface area contributed by atoms with Crippen LogP contribution in [0.5, 0.6) is 0 Å². The number of rotatable bonds is 4. The molecule has 0 aromatic heterocycles. The highest BCUT2D eigenvalue weighted by molar-refractivity contribution is 5.70. The normalized spacial score (nSPS) is 26.7. The Bertz CT molecular complexity index is 262. The Morgan fingerprint density at radius 3 is 1.78 bits per heavy atom. The van der Waals surface area contributed by atoms with E-state index in [1.165, 1.54) is 51.4 Å². The summed E-state index contributed by atoms with van der Waals surface area (Å²) in [5.74, 6) is 0.897. The molecule has 0 radical (unpaired) electrons. The molecule has 2 saturated carbocycles. The molecule has 0 spiro atoms. The Balaban J connectivity index is 2.00. The first-order valence-corrected chi connectivity index (χ1v) is 7.93. The maximum absolute atomic E-state index is 11.7. The maximum atomic E-state index is 11.7. The van der Waals surface area contributed by atoms with Crippen molar-refractivity contribution in [2.75, 3.05) is 0 Å². The molecule has 2 aliphatic carbocycles. The molecule has 0 aliphatic heterocycles. The average molecular weight is 252 g/mol. The third kappa shape index (κ3) is 3.27. The van der Waals surface area contributed by atoms with Crippen molar-refractivity contribution in [3.05, 3.63) is 0 Å². The fourth-order valence-electron chi connectivity index (χ4n) is 4.30. The van der Waals surface area contributed by atoms with Gasteiger partial charge < -0.3 is 5.11 Å². The van der Waals surface area contributed by atoms with Crippen LogP contribution < -0.4 is 0 Å². The summed E-state index contributed by atoms with van der Waals surface area (Å²) in [4.78, 5) is 11.7. The van der Waals surface area contributed by atoms with Crippen molar-refractivity contribution in [1.82, 2.24) is 0 Å². The van der Waals surface area contributed by atoms with Crippen LogP contribution in [0.2, 0.25) is 0 Å². The molecule has 2 rings (SSSR count). The minimum Gasteiger partial charge on any atom is -0.481 e. The number of aliphatic carboxylic acids is 1. The zero-order chi connectivity index (χ0) is 13.0. The molecule has 2 atom stereocenters. The Kier molecular flexibility index (Phi) is 5.08. The summed E-state index contributed by atoms with van der Waals surface area (Å²) >= 11 is 0. The summed E-state index contributed by atoms with van der Waals surface area (Å²) < 4.78 is 0. The predicted octanol–water partition coefficient (Wildman–Crippen LogP) is 4.48. The van der Waals surface area contributed by atoms with Gasteiger partial charge in [0.05, 0.1) is 5.92 Å². The van der Waals surface area contributed by atoms with Crippen molar-refractivity contribution in [2.24, 2.45) is 23.7 Å². The second-order valence-electron chi connectivity index (χ2n) is 6.52. The average Bonchev–Trinajstić information content (AvgIpc) is 2.40. The van der Waals surface area contributed by atoms with Crippen molar-refractivity contribution in [3.8, 4) is 0 Å². The van der Waals surface area contributed by atoms with Crippen molar-refractivity contribution >= 4 is 5.97 Å². The number of carboxylic acid groups (broad SMARTS) is 1. The van der Waals surface area contributed by atoms with Crippen molar-refractivity contribution in [1.29, 1.82) is 0 Å². The van der Waals surface area contributed by atoms with Gasteiger partial charge in [0, 0.05) is 0 Å². The first-order chi connectivity index (χ1) is 8.70. The Hall–Kier alpha value is -0.530. The Morgan fingerprint density at radius 1 is 0.889 bits per heavy atom. The number of hydrogen-bond acceptors (Lipinski definition) is 1. The van der Waals surface area contributed by atoms with E-state index in [-0.39, 0.29) is 5.92 Å². The quantitative estimate of drug-likeness (QED) is 0.800. The lowest BCUT2D eigenvalue weighted by atomic mass is 9.68. The van der Waals surface area contributed by atoms with Crippen LogP contribution in [0.25, 0.3) is 0 Å². The SMILES string of the molecule is CC(C1CCCCC1)C(C(=O)O)C1CCCCC1. The van der Waals surface area contributed by atoms with Gasteiger partial charge in [0.15, 0.2) is 0 Å². The topological polar surface area (TPSA) is 37.3 Å². The third-order valence-electron chi connectivity index (χ3n) is 5.40. The van der Waals surface area contributed by atoms with Gasteiger partial charge in [-0.25, -0.2) is 0 Å². The highest BCUT2D eigenvalue weighted by Crippen LogP contribution is 2.40. The van der Waals surface area contributed by atoms with Gasteiger partial charge in [0.1, 0.15) is 0 Å². The lowest BCUT2D eigenvalue weighted by Crippen LogP contribution is -2.35. The lowest BCUT2D eigenvalue weighted by molar-refractivity contribution is -0.147. The van der Waals surface area contributed by atoms with Crippen molar-refractivity contribution in [2.45, 2.75) is 71.1 Å². The third-order valence-corrected chi connectivity index (χ3v) is 5.40. The van der Waals surface area contributed by atoms with Crippen LogP contribution in [-0.2, 0) is 4.79 Å². The Morgan fingerprint density at radius 2 is 1.33 bits per heavy atom. The van der Waals surface area contributed by atoms with E-state index in [0.717, 1.165) is 12.8 Å². The van der Waals surface area contributed by atoms with Gasteiger partial charge in [-0.2, -0.15) is 0 Å². The summed E-state index contributed by atoms with van der Waals surface area (Å²) in [5.41, 5.74) is 0. The fourth-order valence-corrected chi connectivity index (χ4v) is 4.30. The van der Waals surface area contributed by atoms with E-state index >= 15 is 0 Å². The molecule has 2 heteroatoms. The van der Waals surface area contributed by atoms with Gasteiger partial charge in [-0.15, -0.1) is 0 Å². The summed E-state index contributed by atoms with van der Waals surface area (Å²) in [6.45, 7) is 2.21. The molecule has 0 aromatic carbocycles. The number of carboxylic acids is 1. The molecule has 0 saturated heterocycles. The van der Waals surface area contributed by atoms with Crippen molar-refractivity contribution < 1.29 is 9.90 Å². The minimum absolute atomic E-state index is 0.0756. The van der Waals surface area contributed by atoms with Crippen molar-refractivity contribution in [3.63, 3.8) is 0 Å². The largest absolute Gasteiger partial charge is 0.481 e. The predicted molar refractivity (Wildman–Crippen MR) is 73.4 cm³/mol. The number of carbonyl (C=O) groups is 1.